The van der Waals surface area contributed by atoms with Crippen molar-refractivity contribution < 1.29 is 26.4 Å². The molecule has 2 atom stereocenters. The van der Waals surface area contributed by atoms with Crippen LogP contribution in [0.4, 0.5) is 11.4 Å². The number of ketones is 2. The zero-order chi connectivity index (χ0) is 28.2. The zero-order valence-corrected chi connectivity index (χ0v) is 23.7. The van der Waals surface area contributed by atoms with Gasteiger partial charge < -0.3 is 10.6 Å². The van der Waals surface area contributed by atoms with Gasteiger partial charge in [0.25, 0.3) is 10.0 Å². The highest BCUT2D eigenvalue weighted by atomic mass is 32.2. The van der Waals surface area contributed by atoms with Crippen molar-refractivity contribution >= 4 is 48.8 Å². The first kappa shape index (κ1) is 27.5. The molecule has 2 unspecified atom stereocenters. The molecule has 1 fully saturated rings. The molecule has 2 aliphatic carbocycles. The van der Waals surface area contributed by atoms with Crippen molar-refractivity contribution in [3.63, 3.8) is 0 Å². The van der Waals surface area contributed by atoms with Crippen LogP contribution in [0.25, 0.3) is 0 Å². The number of hydrogen-bond donors (Lipinski definition) is 3. The number of fused-ring (bicyclic) bond motifs is 2. The number of rotatable bonds is 9. The van der Waals surface area contributed by atoms with Gasteiger partial charge in [-0.05, 0) is 67.8 Å². The number of carbonyl (C=O) groups is 2. The predicted octanol–water partition coefficient (Wildman–Crippen LogP) is 3.28. The molecular formula is C27H32N4O6S2. The van der Waals surface area contributed by atoms with Crippen LogP contribution in [0.5, 0.6) is 0 Å². The molecule has 39 heavy (non-hydrogen) atoms. The van der Waals surface area contributed by atoms with Crippen LogP contribution < -0.4 is 15.4 Å². The first-order chi connectivity index (χ1) is 18.3. The highest BCUT2D eigenvalue weighted by molar-refractivity contribution is 7.92. The predicted molar refractivity (Wildman–Crippen MR) is 149 cm³/mol. The zero-order valence-electron chi connectivity index (χ0n) is 22.0. The Labute approximate surface area is 228 Å². The van der Waals surface area contributed by atoms with Gasteiger partial charge in [0.05, 0.1) is 11.9 Å². The summed E-state index contributed by atoms with van der Waals surface area (Å²) in [6.45, 7) is 4.76. The van der Waals surface area contributed by atoms with Gasteiger partial charge in [-0.15, -0.1) is 4.40 Å². The van der Waals surface area contributed by atoms with E-state index in [1.165, 1.54) is 12.1 Å². The maximum Gasteiger partial charge on any atom is 0.286 e. The summed E-state index contributed by atoms with van der Waals surface area (Å²) >= 11 is 0. The van der Waals surface area contributed by atoms with E-state index in [1.54, 1.807) is 18.2 Å². The maximum atomic E-state index is 14.4. The average molecular weight is 573 g/mol. The van der Waals surface area contributed by atoms with E-state index in [0.29, 0.717) is 35.9 Å². The van der Waals surface area contributed by atoms with Gasteiger partial charge in [0.1, 0.15) is 22.2 Å². The Kier molecular flexibility index (Phi) is 6.92. The monoisotopic (exact) mass is 572 g/mol. The van der Waals surface area contributed by atoms with Crippen molar-refractivity contribution in [2.45, 2.75) is 50.0 Å². The first-order valence-corrected chi connectivity index (χ1v) is 16.3. The molecule has 0 radical (unpaired) electrons. The fourth-order valence-electron chi connectivity index (χ4n) is 5.23. The molecular weight excluding hydrogens is 540 g/mol. The van der Waals surface area contributed by atoms with Crippen LogP contribution in [-0.2, 0) is 30.4 Å². The van der Waals surface area contributed by atoms with Crippen LogP contribution in [0.3, 0.4) is 0 Å². The van der Waals surface area contributed by atoms with Crippen molar-refractivity contribution in [3.05, 3.63) is 53.6 Å². The highest BCUT2D eigenvalue weighted by Crippen LogP contribution is 2.42. The van der Waals surface area contributed by atoms with Gasteiger partial charge in [-0.3, -0.25) is 14.3 Å². The largest absolute Gasteiger partial charge is 0.341 e. The second kappa shape index (κ2) is 9.83. The number of sulfonamides is 2. The highest BCUT2D eigenvalue weighted by Gasteiger charge is 2.54. The van der Waals surface area contributed by atoms with E-state index >= 15 is 0 Å². The summed E-state index contributed by atoms with van der Waals surface area (Å²) in [6, 6.07) is 11.0. The minimum atomic E-state index is -4.36. The molecule has 208 valence electrons. The quantitative estimate of drug-likeness (QED) is 0.387. The van der Waals surface area contributed by atoms with Crippen molar-refractivity contribution in [2.75, 3.05) is 22.8 Å². The lowest BCUT2D eigenvalue weighted by molar-refractivity contribution is -0.127. The molecule has 1 saturated carbocycles. The van der Waals surface area contributed by atoms with Crippen LogP contribution in [0.1, 0.15) is 55.5 Å². The molecule has 0 amide bonds. The third-order valence-corrected chi connectivity index (χ3v) is 9.34. The van der Waals surface area contributed by atoms with Crippen molar-refractivity contribution in [1.29, 1.82) is 0 Å². The Balaban J connectivity index is 1.59. The molecule has 12 heteroatoms. The second-order valence-electron chi connectivity index (χ2n) is 11.0. The van der Waals surface area contributed by atoms with E-state index in [0.717, 1.165) is 31.6 Å². The number of amidine groups is 1. The molecule has 0 bridgehead atoms. The summed E-state index contributed by atoms with van der Waals surface area (Å²) in [4.78, 5) is 28.0. The van der Waals surface area contributed by atoms with Gasteiger partial charge in [0.15, 0.2) is 11.6 Å². The Hall–Kier alpha value is -3.09. The molecule has 10 nitrogen and oxygen atoms in total. The number of hydrogen-bond acceptors (Lipinski definition) is 8. The molecule has 0 spiro atoms. The molecule has 1 heterocycles. The fraction of sp³-hybridized carbons (Fsp3) is 0.444. The molecule has 2 aromatic rings. The van der Waals surface area contributed by atoms with Gasteiger partial charge in [-0.1, -0.05) is 38.1 Å². The van der Waals surface area contributed by atoms with Gasteiger partial charge in [-0.25, -0.2) is 8.42 Å². The smallest absolute Gasteiger partial charge is 0.286 e. The lowest BCUT2D eigenvalue weighted by Crippen LogP contribution is -2.59. The molecule has 3 N–H and O–H groups in total. The third-order valence-electron chi connectivity index (χ3n) is 7.40. The lowest BCUT2D eigenvalue weighted by atomic mass is 9.67. The van der Waals surface area contributed by atoms with E-state index < -0.39 is 43.1 Å². The van der Waals surface area contributed by atoms with Crippen LogP contribution in [0.15, 0.2) is 51.8 Å². The number of Topliss-reactive ketones (excluding diaryl/α,β-unsaturated/α-hetero) is 2. The Morgan fingerprint density at radius 1 is 1.13 bits per heavy atom. The van der Waals surface area contributed by atoms with Gasteiger partial charge >= 0.3 is 0 Å². The van der Waals surface area contributed by atoms with Crippen LogP contribution >= 0.6 is 0 Å². The SMILES string of the molecule is CC(C)CCC1(NCC2CC2)C(=O)C(C2=NS(=O)(=O)c3cc(NS(C)(=O)=O)ccc3N2)C(=O)c2ccccc21. The summed E-state index contributed by atoms with van der Waals surface area (Å²) in [6.07, 6.45) is 4.27. The minimum Gasteiger partial charge on any atom is -0.341 e. The van der Waals surface area contributed by atoms with Crippen LogP contribution in [0, 0.1) is 17.8 Å². The molecule has 2 aromatic carbocycles. The summed E-state index contributed by atoms with van der Waals surface area (Å²) in [5, 5.41) is 6.43. The number of benzene rings is 2. The summed E-state index contributed by atoms with van der Waals surface area (Å²) in [5.74, 6) is -1.87. The second-order valence-corrected chi connectivity index (χ2v) is 14.4. The van der Waals surface area contributed by atoms with E-state index in [4.69, 9.17) is 0 Å². The maximum absolute atomic E-state index is 14.4. The molecule has 0 saturated heterocycles. The van der Waals surface area contributed by atoms with Gasteiger partial charge in [0, 0.05) is 11.3 Å². The van der Waals surface area contributed by atoms with E-state index in [-0.39, 0.29) is 22.1 Å². The van der Waals surface area contributed by atoms with E-state index in [9.17, 15) is 26.4 Å². The van der Waals surface area contributed by atoms with Crippen molar-refractivity contribution in [3.8, 4) is 0 Å². The molecule has 1 aliphatic heterocycles. The third kappa shape index (κ3) is 5.37. The normalized spacial score (nSPS) is 24.0. The van der Waals surface area contributed by atoms with Gasteiger partial charge in [-0.2, -0.15) is 8.42 Å². The topological polar surface area (TPSA) is 151 Å². The van der Waals surface area contributed by atoms with Crippen LogP contribution in [-0.4, -0.2) is 47.0 Å². The number of carbonyl (C=O) groups excluding carboxylic acids is 2. The molecule has 0 aromatic heterocycles. The fourth-order valence-corrected chi connectivity index (χ4v) is 6.96. The van der Waals surface area contributed by atoms with Crippen molar-refractivity contribution in [1.82, 2.24) is 5.32 Å². The van der Waals surface area contributed by atoms with Gasteiger partial charge in [0.2, 0.25) is 10.0 Å². The minimum absolute atomic E-state index is 0.0519. The Morgan fingerprint density at radius 2 is 1.85 bits per heavy atom. The first-order valence-electron chi connectivity index (χ1n) is 13.0. The Bertz CT molecular complexity index is 1590. The van der Waals surface area contributed by atoms with Crippen LogP contribution in [0.2, 0.25) is 0 Å². The van der Waals surface area contributed by atoms with E-state index in [2.05, 4.69) is 33.6 Å². The number of nitrogens with one attached hydrogen (secondary N) is 3. The number of nitrogens with zero attached hydrogens (tertiary/aromatic N) is 1. The summed E-state index contributed by atoms with van der Waals surface area (Å²) < 4.78 is 55.9. The average Bonchev–Trinajstić information content (AvgIpc) is 3.68. The summed E-state index contributed by atoms with van der Waals surface area (Å²) in [5.41, 5.74) is -0.0176. The molecule has 5 rings (SSSR count). The lowest BCUT2D eigenvalue weighted by Gasteiger charge is -2.42. The van der Waals surface area contributed by atoms with E-state index in [1.807, 2.05) is 6.07 Å². The van der Waals surface area contributed by atoms with Crippen molar-refractivity contribution in [2.24, 2.45) is 22.2 Å². The Morgan fingerprint density at radius 3 is 2.51 bits per heavy atom. The number of anilines is 2. The standard InChI is InChI=1S/C27H32N4O6S2/c1-16(2)12-13-27(28-15-17-8-9-17)20-7-5-4-6-19(20)24(32)23(25(27)33)26-29-21-11-10-18(30-38(3,34)35)14-22(21)39(36,37)31-26/h4-7,10-11,14,16-17,23,28,30H,8-9,12-13,15H2,1-3H3,(H,29,31). The molecule has 3 aliphatic rings. The summed E-state index contributed by atoms with van der Waals surface area (Å²) in [7, 11) is -8.00.